The third-order valence-electron chi connectivity index (χ3n) is 3.78. The van der Waals surface area contributed by atoms with Gasteiger partial charge in [0.05, 0.1) is 11.6 Å². The Kier molecular flexibility index (Phi) is 4.09. The SMILES string of the molecule is Cc1nc(-c2ncn[nH]2)sc1C(=O)N1CCCC(C(F)(F)F)C1. The summed E-state index contributed by atoms with van der Waals surface area (Å²) in [6.07, 6.45) is -2.53. The number of nitrogens with one attached hydrogen (secondary N) is 1. The van der Waals surface area contributed by atoms with E-state index in [2.05, 4.69) is 20.2 Å². The van der Waals surface area contributed by atoms with Crippen molar-refractivity contribution >= 4 is 17.2 Å². The summed E-state index contributed by atoms with van der Waals surface area (Å²) in [5, 5.41) is 6.87. The molecule has 6 nitrogen and oxygen atoms in total. The Morgan fingerprint density at radius 2 is 2.26 bits per heavy atom. The van der Waals surface area contributed by atoms with E-state index >= 15 is 0 Å². The summed E-state index contributed by atoms with van der Waals surface area (Å²) in [5.41, 5.74) is 0.487. The highest BCUT2D eigenvalue weighted by molar-refractivity contribution is 7.17. The topological polar surface area (TPSA) is 74.8 Å². The van der Waals surface area contributed by atoms with Crippen LogP contribution in [0.25, 0.3) is 10.8 Å². The van der Waals surface area contributed by atoms with Crippen molar-refractivity contribution in [2.45, 2.75) is 25.9 Å². The zero-order valence-corrected chi connectivity index (χ0v) is 13.0. The zero-order chi connectivity index (χ0) is 16.6. The maximum atomic E-state index is 12.9. The Bertz CT molecular complexity index is 697. The van der Waals surface area contributed by atoms with Crippen LogP contribution in [0, 0.1) is 12.8 Å². The molecule has 0 radical (unpaired) electrons. The number of alkyl halides is 3. The summed E-state index contributed by atoms with van der Waals surface area (Å²) in [4.78, 5) is 22.4. The van der Waals surface area contributed by atoms with Gasteiger partial charge in [-0.2, -0.15) is 18.3 Å². The molecule has 1 N–H and O–H groups in total. The number of hydrogen-bond donors (Lipinski definition) is 1. The van der Waals surface area contributed by atoms with Crippen LogP contribution in [0.2, 0.25) is 0 Å². The van der Waals surface area contributed by atoms with Gasteiger partial charge in [0.1, 0.15) is 11.2 Å². The highest BCUT2D eigenvalue weighted by atomic mass is 32.1. The van der Waals surface area contributed by atoms with Crippen LogP contribution in [0.1, 0.15) is 28.2 Å². The Morgan fingerprint density at radius 1 is 1.48 bits per heavy atom. The highest BCUT2D eigenvalue weighted by Gasteiger charge is 2.43. The molecule has 1 unspecified atom stereocenters. The number of carbonyl (C=O) groups excluding carboxylic acids is 1. The van der Waals surface area contributed by atoms with Crippen LogP contribution in [-0.2, 0) is 0 Å². The number of piperidine rings is 1. The molecule has 0 aliphatic carbocycles. The van der Waals surface area contributed by atoms with E-state index in [0.717, 1.165) is 11.3 Å². The third kappa shape index (κ3) is 3.21. The largest absolute Gasteiger partial charge is 0.393 e. The Balaban J connectivity index is 1.80. The van der Waals surface area contributed by atoms with Gasteiger partial charge in [0, 0.05) is 13.1 Å². The van der Waals surface area contributed by atoms with Crippen molar-refractivity contribution in [1.82, 2.24) is 25.1 Å². The van der Waals surface area contributed by atoms with Crippen molar-refractivity contribution < 1.29 is 18.0 Å². The van der Waals surface area contributed by atoms with E-state index in [1.54, 1.807) is 6.92 Å². The molecule has 23 heavy (non-hydrogen) atoms. The maximum Gasteiger partial charge on any atom is 0.393 e. The number of amides is 1. The molecular formula is C13H14F3N5OS. The first-order valence-electron chi connectivity index (χ1n) is 7.05. The van der Waals surface area contributed by atoms with E-state index in [-0.39, 0.29) is 13.0 Å². The van der Waals surface area contributed by atoms with Crippen LogP contribution >= 0.6 is 11.3 Å². The average Bonchev–Trinajstić information content (AvgIpc) is 3.15. The number of rotatable bonds is 2. The van der Waals surface area contributed by atoms with Gasteiger partial charge in [0.25, 0.3) is 5.91 Å². The molecule has 2 aromatic rings. The normalized spacial score (nSPS) is 19.1. The molecule has 1 aliphatic heterocycles. The van der Waals surface area contributed by atoms with Gasteiger partial charge in [-0.25, -0.2) is 9.97 Å². The van der Waals surface area contributed by atoms with Crippen LogP contribution in [-0.4, -0.2) is 50.2 Å². The molecule has 2 aromatic heterocycles. The molecule has 10 heteroatoms. The van der Waals surface area contributed by atoms with E-state index in [4.69, 9.17) is 0 Å². The van der Waals surface area contributed by atoms with Gasteiger partial charge < -0.3 is 4.90 Å². The van der Waals surface area contributed by atoms with Gasteiger partial charge >= 0.3 is 6.18 Å². The van der Waals surface area contributed by atoms with E-state index in [1.807, 2.05) is 0 Å². The van der Waals surface area contributed by atoms with Crippen molar-refractivity contribution in [2.24, 2.45) is 5.92 Å². The molecule has 124 valence electrons. The van der Waals surface area contributed by atoms with Crippen molar-refractivity contribution in [1.29, 1.82) is 0 Å². The van der Waals surface area contributed by atoms with Crippen molar-refractivity contribution in [3.05, 3.63) is 16.9 Å². The number of aryl methyl sites for hydroxylation is 1. The minimum Gasteiger partial charge on any atom is -0.337 e. The Hall–Kier alpha value is -1.97. The molecular weight excluding hydrogens is 331 g/mol. The van der Waals surface area contributed by atoms with E-state index in [9.17, 15) is 18.0 Å². The van der Waals surface area contributed by atoms with Gasteiger partial charge in [-0.15, -0.1) is 11.3 Å². The van der Waals surface area contributed by atoms with Crippen molar-refractivity contribution in [2.75, 3.05) is 13.1 Å². The van der Waals surface area contributed by atoms with Gasteiger partial charge in [0.15, 0.2) is 10.8 Å². The molecule has 1 amide bonds. The Morgan fingerprint density at radius 3 is 2.91 bits per heavy atom. The lowest BCUT2D eigenvalue weighted by atomic mass is 9.97. The third-order valence-corrected chi connectivity index (χ3v) is 4.93. The molecule has 1 fully saturated rings. The van der Waals surface area contributed by atoms with E-state index < -0.39 is 18.0 Å². The summed E-state index contributed by atoms with van der Waals surface area (Å²) >= 11 is 1.11. The summed E-state index contributed by atoms with van der Waals surface area (Å²) in [5.74, 6) is -1.43. The first-order valence-corrected chi connectivity index (χ1v) is 7.87. The number of carbonyl (C=O) groups is 1. The number of likely N-dealkylation sites (tertiary alicyclic amines) is 1. The Labute approximate surface area is 133 Å². The van der Waals surface area contributed by atoms with Crippen LogP contribution < -0.4 is 0 Å². The molecule has 0 spiro atoms. The zero-order valence-electron chi connectivity index (χ0n) is 12.2. The standard InChI is InChI=1S/C13H14F3N5OS/c1-7-9(23-11(19-7)10-17-6-18-20-10)12(22)21-4-2-3-8(5-21)13(14,15)16/h6,8H,2-5H2,1H3,(H,17,18,20). The van der Waals surface area contributed by atoms with E-state index in [1.165, 1.54) is 11.2 Å². The monoisotopic (exact) mass is 345 g/mol. The maximum absolute atomic E-state index is 12.9. The first-order chi connectivity index (χ1) is 10.9. The second-order valence-electron chi connectivity index (χ2n) is 5.40. The van der Waals surface area contributed by atoms with Crippen LogP contribution in [0.3, 0.4) is 0 Å². The summed E-state index contributed by atoms with van der Waals surface area (Å²) in [6, 6.07) is 0. The molecule has 0 aromatic carbocycles. The second kappa shape index (κ2) is 5.91. The van der Waals surface area contributed by atoms with Gasteiger partial charge in [-0.1, -0.05) is 0 Å². The predicted octanol–water partition coefficient (Wildman–Crippen LogP) is 2.65. The molecule has 0 saturated carbocycles. The fraction of sp³-hybridized carbons (Fsp3) is 0.538. The second-order valence-corrected chi connectivity index (χ2v) is 6.40. The fourth-order valence-electron chi connectivity index (χ4n) is 2.58. The lowest BCUT2D eigenvalue weighted by Gasteiger charge is -2.33. The smallest absolute Gasteiger partial charge is 0.337 e. The molecule has 1 saturated heterocycles. The molecule has 1 atom stereocenters. The predicted molar refractivity (Wildman–Crippen MR) is 76.9 cm³/mol. The number of halogens is 3. The van der Waals surface area contributed by atoms with Crippen LogP contribution in [0.4, 0.5) is 13.2 Å². The van der Waals surface area contributed by atoms with Gasteiger partial charge in [0.2, 0.25) is 0 Å². The number of nitrogens with zero attached hydrogens (tertiary/aromatic N) is 4. The quantitative estimate of drug-likeness (QED) is 0.908. The molecule has 3 rings (SSSR count). The fourth-order valence-corrected chi connectivity index (χ4v) is 3.56. The molecule has 1 aliphatic rings. The minimum absolute atomic E-state index is 0.0677. The van der Waals surface area contributed by atoms with Crippen molar-refractivity contribution in [3.63, 3.8) is 0 Å². The minimum atomic E-state index is -4.27. The number of aromatic nitrogens is 4. The number of H-pyrrole nitrogens is 1. The summed E-state index contributed by atoms with van der Waals surface area (Å²) in [7, 11) is 0. The summed E-state index contributed by atoms with van der Waals surface area (Å²) < 4.78 is 38.6. The highest BCUT2D eigenvalue weighted by Crippen LogP contribution is 2.34. The van der Waals surface area contributed by atoms with Gasteiger partial charge in [-0.3, -0.25) is 9.89 Å². The lowest BCUT2D eigenvalue weighted by molar-refractivity contribution is -0.184. The van der Waals surface area contributed by atoms with Crippen molar-refractivity contribution in [3.8, 4) is 10.8 Å². The number of thiazole rings is 1. The number of aromatic amines is 1. The van der Waals surface area contributed by atoms with Crippen LogP contribution in [0.5, 0.6) is 0 Å². The number of hydrogen-bond acceptors (Lipinski definition) is 5. The van der Waals surface area contributed by atoms with Crippen LogP contribution in [0.15, 0.2) is 6.33 Å². The summed E-state index contributed by atoms with van der Waals surface area (Å²) in [6.45, 7) is 1.70. The lowest BCUT2D eigenvalue weighted by Crippen LogP contribution is -2.44. The molecule has 3 heterocycles. The molecule has 0 bridgehead atoms. The first kappa shape index (κ1) is 15.9. The average molecular weight is 345 g/mol. The van der Waals surface area contributed by atoms with Gasteiger partial charge in [-0.05, 0) is 19.8 Å². The van der Waals surface area contributed by atoms with E-state index in [0.29, 0.717) is 34.4 Å².